The molecule has 1 heterocycles. The summed E-state index contributed by atoms with van der Waals surface area (Å²) in [5.74, 6) is 0.0569. The molecule has 0 bridgehead atoms. The second kappa shape index (κ2) is 5.90. The average molecular weight is 281 g/mol. The zero-order valence-electron chi connectivity index (χ0n) is 11.5. The molecule has 4 nitrogen and oxygen atoms in total. The molecule has 5 heteroatoms. The van der Waals surface area contributed by atoms with E-state index in [1.54, 1.807) is 6.07 Å². The molecule has 1 aromatic carbocycles. The number of nitrogens with one attached hydrogen (secondary N) is 1. The summed E-state index contributed by atoms with van der Waals surface area (Å²) >= 11 is 6.28. The van der Waals surface area contributed by atoms with Gasteiger partial charge in [-0.3, -0.25) is 10.3 Å². The Balaban J connectivity index is 2.09. The van der Waals surface area contributed by atoms with Crippen LogP contribution in [-0.2, 0) is 6.54 Å². The molecular weight excluding hydrogens is 260 g/mol. The summed E-state index contributed by atoms with van der Waals surface area (Å²) in [4.78, 5) is 4.79. The number of rotatable bonds is 3. The van der Waals surface area contributed by atoms with Gasteiger partial charge in [-0.2, -0.15) is 0 Å². The van der Waals surface area contributed by atoms with Crippen LogP contribution in [-0.4, -0.2) is 48.4 Å². The second-order valence-electron chi connectivity index (χ2n) is 5.30. The Morgan fingerprint density at radius 1 is 1.47 bits per heavy atom. The third-order valence-electron chi connectivity index (χ3n) is 3.71. The van der Waals surface area contributed by atoms with Crippen molar-refractivity contribution in [2.24, 2.45) is 5.73 Å². The monoisotopic (exact) mass is 280 g/mol. The lowest BCUT2D eigenvalue weighted by Crippen LogP contribution is -2.49. The summed E-state index contributed by atoms with van der Waals surface area (Å²) < 4.78 is 0. The van der Waals surface area contributed by atoms with Gasteiger partial charge in [0.2, 0.25) is 0 Å². The topological polar surface area (TPSA) is 56.4 Å². The van der Waals surface area contributed by atoms with E-state index >= 15 is 0 Å². The standard InChI is InChI=1S/C14H21ClN4/c1-10-8-18(2)5-6-19(10)9-12-4-3-11(14(16)17)7-13(12)15/h3-4,7,10H,5-6,8-9H2,1-2H3,(H3,16,17). The predicted octanol–water partition coefficient (Wildman–Crippen LogP) is 1.76. The van der Waals surface area contributed by atoms with Crippen LogP contribution in [0.4, 0.5) is 0 Å². The summed E-state index contributed by atoms with van der Waals surface area (Å²) in [6, 6.07) is 6.15. The number of hydrogen-bond donors (Lipinski definition) is 2. The zero-order valence-corrected chi connectivity index (χ0v) is 12.2. The molecule has 0 radical (unpaired) electrons. The quantitative estimate of drug-likeness (QED) is 0.655. The van der Waals surface area contributed by atoms with Crippen LogP contribution in [0.25, 0.3) is 0 Å². The van der Waals surface area contributed by atoms with Crippen LogP contribution in [0.15, 0.2) is 18.2 Å². The predicted molar refractivity (Wildman–Crippen MR) is 79.8 cm³/mol. The molecule has 19 heavy (non-hydrogen) atoms. The highest BCUT2D eigenvalue weighted by Gasteiger charge is 2.22. The molecule has 1 aliphatic heterocycles. The molecule has 0 spiro atoms. The highest BCUT2D eigenvalue weighted by Crippen LogP contribution is 2.21. The van der Waals surface area contributed by atoms with Gasteiger partial charge < -0.3 is 10.6 Å². The fourth-order valence-electron chi connectivity index (χ4n) is 2.47. The number of likely N-dealkylation sites (N-methyl/N-ethyl adjacent to an activating group) is 1. The van der Waals surface area contributed by atoms with Crippen molar-refractivity contribution in [2.45, 2.75) is 19.5 Å². The Hall–Kier alpha value is -1.10. The number of halogens is 1. The fraction of sp³-hybridized carbons (Fsp3) is 0.500. The number of nitrogen functional groups attached to an aromatic ring is 1. The summed E-state index contributed by atoms with van der Waals surface area (Å²) in [7, 11) is 2.16. The number of nitrogens with zero attached hydrogens (tertiary/aromatic N) is 2. The van der Waals surface area contributed by atoms with Crippen LogP contribution < -0.4 is 5.73 Å². The average Bonchev–Trinajstić information content (AvgIpc) is 2.34. The highest BCUT2D eigenvalue weighted by atomic mass is 35.5. The van der Waals surface area contributed by atoms with Gasteiger partial charge in [-0.1, -0.05) is 23.7 Å². The minimum atomic E-state index is 0.0569. The Labute approximate surface area is 119 Å². The van der Waals surface area contributed by atoms with E-state index in [2.05, 4.69) is 23.8 Å². The van der Waals surface area contributed by atoms with E-state index in [9.17, 15) is 0 Å². The van der Waals surface area contributed by atoms with Gasteiger partial charge in [0.25, 0.3) is 0 Å². The Bertz CT molecular complexity index is 475. The summed E-state index contributed by atoms with van der Waals surface area (Å²) in [6.07, 6.45) is 0. The lowest BCUT2D eigenvalue weighted by atomic mass is 10.1. The largest absolute Gasteiger partial charge is 0.384 e. The third kappa shape index (κ3) is 3.47. The van der Waals surface area contributed by atoms with Gasteiger partial charge in [0.05, 0.1) is 0 Å². The lowest BCUT2D eigenvalue weighted by molar-refractivity contribution is 0.0938. The summed E-state index contributed by atoms with van der Waals surface area (Å²) in [6.45, 7) is 6.33. The number of nitrogens with two attached hydrogens (primary N) is 1. The first-order chi connectivity index (χ1) is 8.97. The van der Waals surface area contributed by atoms with E-state index < -0.39 is 0 Å². The Morgan fingerprint density at radius 2 is 2.21 bits per heavy atom. The van der Waals surface area contributed by atoms with Gasteiger partial charge in [-0.05, 0) is 25.6 Å². The van der Waals surface area contributed by atoms with Crippen molar-refractivity contribution in [2.75, 3.05) is 26.7 Å². The SMILES string of the molecule is CC1CN(C)CCN1Cc1ccc(C(=N)N)cc1Cl. The van der Waals surface area contributed by atoms with Gasteiger partial charge in [-0.15, -0.1) is 0 Å². The van der Waals surface area contributed by atoms with Crippen molar-refractivity contribution in [3.05, 3.63) is 34.3 Å². The molecular formula is C14H21ClN4. The number of piperazine rings is 1. The first kappa shape index (κ1) is 14.3. The van der Waals surface area contributed by atoms with Crippen LogP contribution in [0.3, 0.4) is 0 Å². The molecule has 0 aromatic heterocycles. The number of amidine groups is 1. The van der Waals surface area contributed by atoms with E-state index in [1.165, 1.54) is 0 Å². The molecule has 2 rings (SSSR count). The lowest BCUT2D eigenvalue weighted by Gasteiger charge is -2.38. The molecule has 0 amide bonds. The van der Waals surface area contributed by atoms with Gasteiger partial charge in [0, 0.05) is 42.8 Å². The van der Waals surface area contributed by atoms with Gasteiger partial charge in [0.1, 0.15) is 5.84 Å². The molecule has 104 valence electrons. The molecule has 3 N–H and O–H groups in total. The molecule has 1 unspecified atom stereocenters. The molecule has 1 saturated heterocycles. The minimum absolute atomic E-state index is 0.0569. The normalized spacial score (nSPS) is 21.5. The van der Waals surface area contributed by atoms with Crippen LogP contribution in [0.5, 0.6) is 0 Å². The van der Waals surface area contributed by atoms with Crippen molar-refractivity contribution in [1.82, 2.24) is 9.80 Å². The van der Waals surface area contributed by atoms with Crippen LogP contribution in [0, 0.1) is 5.41 Å². The highest BCUT2D eigenvalue weighted by molar-refractivity contribution is 6.31. The summed E-state index contributed by atoms with van der Waals surface area (Å²) in [5.41, 5.74) is 7.24. The molecule has 0 aliphatic carbocycles. The maximum absolute atomic E-state index is 7.41. The van der Waals surface area contributed by atoms with E-state index in [4.69, 9.17) is 22.7 Å². The Morgan fingerprint density at radius 3 is 2.79 bits per heavy atom. The van der Waals surface area contributed by atoms with E-state index in [1.807, 2.05) is 12.1 Å². The van der Waals surface area contributed by atoms with Crippen molar-refractivity contribution < 1.29 is 0 Å². The van der Waals surface area contributed by atoms with Crippen LogP contribution in [0.1, 0.15) is 18.1 Å². The first-order valence-corrected chi connectivity index (χ1v) is 6.90. The van der Waals surface area contributed by atoms with E-state index in [-0.39, 0.29) is 5.84 Å². The van der Waals surface area contributed by atoms with Gasteiger partial charge in [-0.25, -0.2) is 0 Å². The fourth-order valence-corrected chi connectivity index (χ4v) is 2.71. The molecule has 1 aromatic rings. The molecule has 1 fully saturated rings. The molecule has 1 atom stereocenters. The molecule has 0 saturated carbocycles. The van der Waals surface area contributed by atoms with Gasteiger partial charge in [0.15, 0.2) is 0 Å². The molecule has 1 aliphatic rings. The van der Waals surface area contributed by atoms with Crippen molar-refractivity contribution in [1.29, 1.82) is 5.41 Å². The van der Waals surface area contributed by atoms with Crippen molar-refractivity contribution in [3.8, 4) is 0 Å². The zero-order chi connectivity index (χ0) is 14.0. The van der Waals surface area contributed by atoms with Crippen molar-refractivity contribution >= 4 is 17.4 Å². The minimum Gasteiger partial charge on any atom is -0.384 e. The van der Waals surface area contributed by atoms with E-state index in [0.717, 1.165) is 31.7 Å². The number of benzene rings is 1. The maximum atomic E-state index is 7.41. The first-order valence-electron chi connectivity index (χ1n) is 6.53. The maximum Gasteiger partial charge on any atom is 0.122 e. The third-order valence-corrected chi connectivity index (χ3v) is 4.06. The Kier molecular flexibility index (Phi) is 4.45. The van der Waals surface area contributed by atoms with Gasteiger partial charge >= 0.3 is 0 Å². The van der Waals surface area contributed by atoms with Crippen molar-refractivity contribution in [3.63, 3.8) is 0 Å². The smallest absolute Gasteiger partial charge is 0.122 e. The number of hydrogen-bond acceptors (Lipinski definition) is 3. The van der Waals surface area contributed by atoms with Crippen LogP contribution >= 0.6 is 11.6 Å². The summed E-state index contributed by atoms with van der Waals surface area (Å²) in [5, 5.41) is 8.11. The van der Waals surface area contributed by atoms with E-state index in [0.29, 0.717) is 16.6 Å². The second-order valence-corrected chi connectivity index (χ2v) is 5.71. The van der Waals surface area contributed by atoms with Crippen LogP contribution in [0.2, 0.25) is 5.02 Å².